The Kier molecular flexibility index (Phi) is 4.93. The quantitative estimate of drug-likeness (QED) is 0.787. The molecular formula is C13H25N3O. The van der Waals surface area contributed by atoms with Crippen molar-refractivity contribution in [2.45, 2.75) is 45.3 Å². The van der Waals surface area contributed by atoms with Crippen LogP contribution in [-0.2, 0) is 4.74 Å². The Bertz CT molecular complexity index is 285. The molecule has 1 fully saturated rings. The first kappa shape index (κ1) is 14.4. The second-order valence-corrected chi connectivity index (χ2v) is 5.61. The van der Waals surface area contributed by atoms with Crippen LogP contribution in [0.5, 0.6) is 0 Å². The Labute approximate surface area is 105 Å². The van der Waals surface area contributed by atoms with E-state index in [4.69, 9.17) is 4.74 Å². The molecule has 1 heterocycles. The third-order valence-corrected chi connectivity index (χ3v) is 3.25. The zero-order valence-electron chi connectivity index (χ0n) is 11.5. The van der Waals surface area contributed by atoms with Crippen LogP contribution in [0.25, 0.3) is 0 Å². The Hall–Kier alpha value is -0.630. The van der Waals surface area contributed by atoms with E-state index >= 15 is 0 Å². The highest BCUT2D eigenvalue weighted by molar-refractivity contribution is 5.04. The van der Waals surface area contributed by atoms with Gasteiger partial charge in [-0.25, -0.2) is 0 Å². The predicted octanol–water partition coefficient (Wildman–Crippen LogP) is 1.38. The molecule has 1 N–H and O–H groups in total. The lowest BCUT2D eigenvalue weighted by atomic mass is 9.98. The Balaban J connectivity index is 2.42. The Morgan fingerprint density at radius 3 is 2.76 bits per heavy atom. The molecule has 1 aliphatic heterocycles. The maximum Gasteiger partial charge on any atom is 0.105 e. The van der Waals surface area contributed by atoms with Crippen molar-refractivity contribution in [1.82, 2.24) is 10.2 Å². The van der Waals surface area contributed by atoms with Crippen molar-refractivity contribution in [3.05, 3.63) is 0 Å². The van der Waals surface area contributed by atoms with Gasteiger partial charge in [0.1, 0.15) is 5.54 Å². The fourth-order valence-corrected chi connectivity index (χ4v) is 2.26. The molecule has 0 radical (unpaired) electrons. The summed E-state index contributed by atoms with van der Waals surface area (Å²) in [4.78, 5) is 2.39. The summed E-state index contributed by atoms with van der Waals surface area (Å²) in [5.41, 5.74) is -0.462. The lowest BCUT2D eigenvalue weighted by Gasteiger charge is -2.39. The van der Waals surface area contributed by atoms with Gasteiger partial charge >= 0.3 is 0 Å². The van der Waals surface area contributed by atoms with Crippen LogP contribution in [0.15, 0.2) is 0 Å². The number of ether oxygens (including phenoxy) is 1. The van der Waals surface area contributed by atoms with Crippen molar-refractivity contribution in [3.8, 4) is 6.07 Å². The number of nitrogens with one attached hydrogen (secondary N) is 1. The van der Waals surface area contributed by atoms with E-state index in [-0.39, 0.29) is 5.60 Å². The van der Waals surface area contributed by atoms with E-state index in [2.05, 4.69) is 30.1 Å². The summed E-state index contributed by atoms with van der Waals surface area (Å²) in [6.45, 7) is 12.7. The molecule has 0 aromatic rings. The standard InChI is InChI=1S/C13H25N3O/c1-5-15-13(4,10-14)6-7-16-8-9-17-12(2,3)11-16/h15H,5-9,11H2,1-4H3. The minimum absolute atomic E-state index is 0.0561. The minimum atomic E-state index is -0.406. The summed E-state index contributed by atoms with van der Waals surface area (Å²) in [7, 11) is 0. The van der Waals surface area contributed by atoms with Crippen molar-refractivity contribution >= 4 is 0 Å². The molecule has 0 aromatic heterocycles. The van der Waals surface area contributed by atoms with Crippen molar-refractivity contribution in [1.29, 1.82) is 5.26 Å². The lowest BCUT2D eigenvalue weighted by molar-refractivity contribution is -0.0867. The number of hydrogen-bond donors (Lipinski definition) is 1. The number of nitriles is 1. The van der Waals surface area contributed by atoms with Crippen molar-refractivity contribution < 1.29 is 4.74 Å². The average Bonchev–Trinajstić information content (AvgIpc) is 2.26. The molecule has 1 aliphatic rings. The largest absolute Gasteiger partial charge is 0.373 e. The molecule has 1 atom stereocenters. The third kappa shape index (κ3) is 4.63. The van der Waals surface area contributed by atoms with Crippen molar-refractivity contribution in [2.75, 3.05) is 32.8 Å². The maximum absolute atomic E-state index is 9.19. The van der Waals surface area contributed by atoms with Crippen LogP contribution in [0.3, 0.4) is 0 Å². The molecule has 4 heteroatoms. The number of rotatable bonds is 5. The van der Waals surface area contributed by atoms with Crippen LogP contribution in [0.2, 0.25) is 0 Å². The summed E-state index contributed by atoms with van der Waals surface area (Å²) in [5.74, 6) is 0. The molecule has 17 heavy (non-hydrogen) atoms. The van der Waals surface area contributed by atoms with E-state index in [1.807, 2.05) is 13.8 Å². The second kappa shape index (κ2) is 5.81. The third-order valence-electron chi connectivity index (χ3n) is 3.25. The van der Waals surface area contributed by atoms with Crippen molar-refractivity contribution in [2.24, 2.45) is 0 Å². The van der Waals surface area contributed by atoms with Gasteiger partial charge in [-0.05, 0) is 33.7 Å². The zero-order valence-corrected chi connectivity index (χ0v) is 11.5. The van der Waals surface area contributed by atoms with Crippen LogP contribution in [0.1, 0.15) is 34.1 Å². The van der Waals surface area contributed by atoms with Gasteiger partial charge in [0, 0.05) is 19.6 Å². The molecule has 0 spiro atoms. The minimum Gasteiger partial charge on any atom is -0.373 e. The van der Waals surface area contributed by atoms with E-state index in [9.17, 15) is 5.26 Å². The summed E-state index contributed by atoms with van der Waals surface area (Å²) >= 11 is 0. The summed E-state index contributed by atoms with van der Waals surface area (Å²) in [5, 5.41) is 12.4. The highest BCUT2D eigenvalue weighted by atomic mass is 16.5. The lowest BCUT2D eigenvalue weighted by Crippen LogP contribution is -2.50. The molecular weight excluding hydrogens is 214 g/mol. The first-order valence-corrected chi connectivity index (χ1v) is 6.43. The van der Waals surface area contributed by atoms with E-state index in [1.165, 1.54) is 0 Å². The smallest absolute Gasteiger partial charge is 0.105 e. The first-order valence-electron chi connectivity index (χ1n) is 6.43. The topological polar surface area (TPSA) is 48.3 Å². The zero-order chi connectivity index (χ0) is 12.9. The fourth-order valence-electron chi connectivity index (χ4n) is 2.26. The molecule has 1 unspecified atom stereocenters. The van der Waals surface area contributed by atoms with Crippen LogP contribution in [0.4, 0.5) is 0 Å². The summed E-state index contributed by atoms with van der Waals surface area (Å²) < 4.78 is 5.68. The molecule has 1 rings (SSSR count). The van der Waals surface area contributed by atoms with Crippen LogP contribution >= 0.6 is 0 Å². The normalized spacial score (nSPS) is 23.9. The highest BCUT2D eigenvalue weighted by Crippen LogP contribution is 2.18. The SMILES string of the molecule is CCNC(C)(C#N)CCN1CCOC(C)(C)C1. The van der Waals surface area contributed by atoms with Gasteiger partial charge < -0.3 is 4.74 Å². The molecule has 0 amide bonds. The van der Waals surface area contributed by atoms with Crippen LogP contribution in [0, 0.1) is 11.3 Å². The van der Waals surface area contributed by atoms with Gasteiger partial charge in [0.05, 0.1) is 18.3 Å². The second-order valence-electron chi connectivity index (χ2n) is 5.61. The average molecular weight is 239 g/mol. The molecule has 98 valence electrons. The number of hydrogen-bond acceptors (Lipinski definition) is 4. The Morgan fingerprint density at radius 2 is 2.24 bits per heavy atom. The summed E-state index contributed by atoms with van der Waals surface area (Å²) in [6.07, 6.45) is 0.855. The van der Waals surface area contributed by atoms with E-state index < -0.39 is 5.54 Å². The van der Waals surface area contributed by atoms with Crippen molar-refractivity contribution in [3.63, 3.8) is 0 Å². The molecule has 0 aromatic carbocycles. The highest BCUT2D eigenvalue weighted by Gasteiger charge is 2.29. The predicted molar refractivity (Wildman–Crippen MR) is 68.8 cm³/mol. The van der Waals surface area contributed by atoms with Gasteiger partial charge in [-0.2, -0.15) is 5.26 Å². The molecule has 0 saturated carbocycles. The van der Waals surface area contributed by atoms with E-state index in [0.29, 0.717) is 0 Å². The van der Waals surface area contributed by atoms with E-state index in [1.54, 1.807) is 0 Å². The molecule has 0 aliphatic carbocycles. The van der Waals surface area contributed by atoms with E-state index in [0.717, 1.165) is 39.2 Å². The van der Waals surface area contributed by atoms with Gasteiger partial charge in [-0.1, -0.05) is 6.92 Å². The first-order chi connectivity index (χ1) is 7.91. The number of nitrogens with zero attached hydrogens (tertiary/aromatic N) is 2. The Morgan fingerprint density at radius 1 is 1.53 bits per heavy atom. The summed E-state index contributed by atoms with van der Waals surface area (Å²) in [6, 6.07) is 2.37. The van der Waals surface area contributed by atoms with Gasteiger partial charge in [0.2, 0.25) is 0 Å². The van der Waals surface area contributed by atoms with Gasteiger partial charge in [0.25, 0.3) is 0 Å². The monoisotopic (exact) mass is 239 g/mol. The fraction of sp³-hybridized carbons (Fsp3) is 0.923. The van der Waals surface area contributed by atoms with Gasteiger partial charge in [-0.3, -0.25) is 10.2 Å². The molecule has 0 bridgehead atoms. The number of morpholine rings is 1. The van der Waals surface area contributed by atoms with Gasteiger partial charge in [0.15, 0.2) is 0 Å². The maximum atomic E-state index is 9.19. The molecule has 1 saturated heterocycles. The van der Waals surface area contributed by atoms with Crippen LogP contribution in [-0.4, -0.2) is 48.8 Å². The van der Waals surface area contributed by atoms with Crippen LogP contribution < -0.4 is 5.32 Å². The van der Waals surface area contributed by atoms with Gasteiger partial charge in [-0.15, -0.1) is 0 Å². The molecule has 4 nitrogen and oxygen atoms in total.